The van der Waals surface area contributed by atoms with Gasteiger partial charge in [0.2, 0.25) is 0 Å². The highest BCUT2D eigenvalue weighted by atomic mass is 32.1. The number of rotatable bonds is 5. The first-order valence-electron chi connectivity index (χ1n) is 9.04. The standard InChI is InChI=1S/C19H30N2OS/c1-4-14-12-15(5-2)18(16(6-3)13-14)21(23)19(22)20-17-10-8-7-9-11-17/h12-13,17,23H,4-11H2,1-3H3,(H,20,22). The second-order valence-electron chi connectivity index (χ2n) is 6.42. The Hall–Kier alpha value is -1.16. The Morgan fingerprint density at radius 2 is 1.65 bits per heavy atom. The van der Waals surface area contributed by atoms with Crippen molar-refractivity contribution >= 4 is 24.5 Å². The molecule has 1 N–H and O–H groups in total. The fourth-order valence-corrected chi connectivity index (χ4v) is 3.75. The minimum Gasteiger partial charge on any atom is -0.334 e. The lowest BCUT2D eigenvalue weighted by Gasteiger charge is -2.28. The van der Waals surface area contributed by atoms with Crippen LogP contribution in [-0.2, 0) is 19.3 Å². The summed E-state index contributed by atoms with van der Waals surface area (Å²) in [7, 11) is 0. The number of benzene rings is 1. The van der Waals surface area contributed by atoms with Crippen LogP contribution in [0, 0.1) is 0 Å². The topological polar surface area (TPSA) is 32.3 Å². The number of nitrogens with zero attached hydrogens (tertiary/aromatic N) is 1. The predicted molar refractivity (Wildman–Crippen MR) is 101 cm³/mol. The molecule has 1 aromatic carbocycles. The Morgan fingerprint density at radius 3 is 2.13 bits per heavy atom. The number of anilines is 1. The number of amides is 2. The van der Waals surface area contributed by atoms with E-state index in [1.165, 1.54) is 40.3 Å². The van der Waals surface area contributed by atoms with Gasteiger partial charge in [-0.2, -0.15) is 0 Å². The molecule has 23 heavy (non-hydrogen) atoms. The predicted octanol–water partition coefficient (Wildman–Crippen LogP) is 5.07. The van der Waals surface area contributed by atoms with Gasteiger partial charge in [-0.05, 0) is 48.8 Å². The van der Waals surface area contributed by atoms with E-state index in [0.29, 0.717) is 6.04 Å². The maximum absolute atomic E-state index is 12.6. The van der Waals surface area contributed by atoms with Crippen molar-refractivity contribution in [3.8, 4) is 0 Å². The van der Waals surface area contributed by atoms with Crippen molar-refractivity contribution in [3.63, 3.8) is 0 Å². The highest BCUT2D eigenvalue weighted by Crippen LogP contribution is 2.30. The summed E-state index contributed by atoms with van der Waals surface area (Å²) in [6.07, 6.45) is 8.71. The summed E-state index contributed by atoms with van der Waals surface area (Å²) in [5, 5.41) is 3.16. The molecule has 0 spiro atoms. The van der Waals surface area contributed by atoms with Crippen LogP contribution in [0.3, 0.4) is 0 Å². The van der Waals surface area contributed by atoms with Crippen LogP contribution in [0.25, 0.3) is 0 Å². The Kier molecular flexibility index (Phi) is 6.82. The third-order valence-electron chi connectivity index (χ3n) is 4.83. The van der Waals surface area contributed by atoms with Crippen molar-refractivity contribution in [3.05, 3.63) is 28.8 Å². The first kappa shape index (κ1) is 18.2. The molecule has 0 atom stereocenters. The fraction of sp³-hybridized carbons (Fsp3) is 0.632. The summed E-state index contributed by atoms with van der Waals surface area (Å²) in [6.45, 7) is 6.44. The van der Waals surface area contributed by atoms with Gasteiger partial charge in [-0.1, -0.05) is 65.0 Å². The van der Waals surface area contributed by atoms with Gasteiger partial charge in [0.1, 0.15) is 0 Å². The van der Waals surface area contributed by atoms with E-state index in [1.807, 2.05) is 0 Å². The third-order valence-corrected chi connectivity index (χ3v) is 5.22. The van der Waals surface area contributed by atoms with Gasteiger partial charge in [0.05, 0.1) is 5.69 Å². The number of hydrogen-bond acceptors (Lipinski definition) is 2. The molecule has 2 rings (SSSR count). The molecule has 1 aliphatic rings. The highest BCUT2D eigenvalue weighted by molar-refractivity contribution is 7.82. The van der Waals surface area contributed by atoms with Crippen LogP contribution < -0.4 is 9.62 Å². The normalized spacial score (nSPS) is 15.5. The monoisotopic (exact) mass is 334 g/mol. The van der Waals surface area contributed by atoms with E-state index in [0.717, 1.165) is 37.8 Å². The Labute approximate surface area is 146 Å². The second kappa shape index (κ2) is 8.62. The van der Waals surface area contributed by atoms with E-state index >= 15 is 0 Å². The number of carbonyl (C=O) groups excluding carboxylic acids is 1. The molecule has 2 amide bonds. The van der Waals surface area contributed by atoms with Gasteiger partial charge in [-0.25, -0.2) is 9.10 Å². The Morgan fingerprint density at radius 1 is 1.09 bits per heavy atom. The van der Waals surface area contributed by atoms with Crippen LogP contribution in [-0.4, -0.2) is 12.1 Å². The molecule has 1 aromatic rings. The summed E-state index contributed by atoms with van der Waals surface area (Å²) in [5.41, 5.74) is 4.71. The molecule has 128 valence electrons. The average molecular weight is 335 g/mol. The summed E-state index contributed by atoms with van der Waals surface area (Å²) in [4.78, 5) is 12.6. The molecule has 0 unspecified atom stereocenters. The molecule has 0 aromatic heterocycles. The van der Waals surface area contributed by atoms with Crippen molar-refractivity contribution in [2.24, 2.45) is 0 Å². The lowest BCUT2D eigenvalue weighted by atomic mass is 9.95. The molecule has 1 saturated carbocycles. The van der Waals surface area contributed by atoms with Crippen molar-refractivity contribution < 1.29 is 4.79 Å². The average Bonchev–Trinajstić information content (AvgIpc) is 2.60. The van der Waals surface area contributed by atoms with Crippen molar-refractivity contribution in [2.45, 2.75) is 78.2 Å². The summed E-state index contributed by atoms with van der Waals surface area (Å²) in [6, 6.07) is 4.64. The molecule has 4 heteroatoms. The van der Waals surface area contributed by atoms with E-state index < -0.39 is 0 Å². The SMILES string of the molecule is CCc1cc(CC)c(N(S)C(=O)NC2CCCCC2)c(CC)c1. The number of hydrogen-bond donors (Lipinski definition) is 2. The zero-order valence-electron chi connectivity index (χ0n) is 14.7. The van der Waals surface area contributed by atoms with Crippen LogP contribution >= 0.6 is 12.8 Å². The van der Waals surface area contributed by atoms with E-state index in [4.69, 9.17) is 0 Å². The Bertz CT molecular complexity index is 513. The first-order valence-corrected chi connectivity index (χ1v) is 9.44. The largest absolute Gasteiger partial charge is 0.334 e. The van der Waals surface area contributed by atoms with E-state index in [2.05, 4.69) is 51.0 Å². The smallest absolute Gasteiger partial charge is 0.332 e. The van der Waals surface area contributed by atoms with E-state index in [-0.39, 0.29) is 6.03 Å². The summed E-state index contributed by atoms with van der Waals surface area (Å²) in [5.74, 6) is 0. The molecule has 1 aliphatic carbocycles. The van der Waals surface area contributed by atoms with Crippen LogP contribution in [0.15, 0.2) is 12.1 Å². The molecule has 0 bridgehead atoms. The highest BCUT2D eigenvalue weighted by Gasteiger charge is 2.22. The minimum atomic E-state index is -0.0890. The number of urea groups is 1. The maximum Gasteiger partial charge on any atom is 0.332 e. The van der Waals surface area contributed by atoms with Crippen LogP contribution in [0.2, 0.25) is 0 Å². The van der Waals surface area contributed by atoms with Crippen LogP contribution in [0.5, 0.6) is 0 Å². The van der Waals surface area contributed by atoms with Crippen molar-refractivity contribution in [1.82, 2.24) is 5.32 Å². The lowest BCUT2D eigenvalue weighted by molar-refractivity contribution is 0.242. The van der Waals surface area contributed by atoms with Gasteiger partial charge in [0.25, 0.3) is 0 Å². The fourth-order valence-electron chi connectivity index (χ4n) is 3.43. The van der Waals surface area contributed by atoms with Crippen LogP contribution in [0.4, 0.5) is 10.5 Å². The number of nitrogens with one attached hydrogen (secondary N) is 1. The number of aryl methyl sites for hydroxylation is 3. The van der Waals surface area contributed by atoms with Gasteiger partial charge < -0.3 is 5.32 Å². The second-order valence-corrected chi connectivity index (χ2v) is 6.82. The van der Waals surface area contributed by atoms with E-state index in [1.54, 1.807) is 0 Å². The van der Waals surface area contributed by atoms with Gasteiger partial charge in [0.15, 0.2) is 0 Å². The molecular formula is C19H30N2OS. The lowest BCUT2D eigenvalue weighted by Crippen LogP contribution is -2.42. The molecule has 0 saturated heterocycles. The summed E-state index contributed by atoms with van der Waals surface area (Å²) >= 11 is 4.55. The van der Waals surface area contributed by atoms with Gasteiger partial charge in [0, 0.05) is 6.04 Å². The number of carbonyl (C=O) groups is 1. The number of thiol groups is 1. The summed E-state index contributed by atoms with van der Waals surface area (Å²) < 4.78 is 1.53. The zero-order valence-corrected chi connectivity index (χ0v) is 15.6. The van der Waals surface area contributed by atoms with Gasteiger partial charge in [-0.3, -0.25) is 0 Å². The molecule has 0 aliphatic heterocycles. The Balaban J connectivity index is 2.22. The zero-order chi connectivity index (χ0) is 16.8. The van der Waals surface area contributed by atoms with Crippen molar-refractivity contribution in [2.75, 3.05) is 4.31 Å². The van der Waals surface area contributed by atoms with Gasteiger partial charge in [-0.15, -0.1) is 0 Å². The molecule has 3 nitrogen and oxygen atoms in total. The minimum absolute atomic E-state index is 0.0890. The first-order chi connectivity index (χ1) is 11.1. The maximum atomic E-state index is 12.6. The van der Waals surface area contributed by atoms with Crippen LogP contribution in [0.1, 0.15) is 69.6 Å². The molecule has 0 heterocycles. The molecular weight excluding hydrogens is 304 g/mol. The van der Waals surface area contributed by atoms with Gasteiger partial charge >= 0.3 is 6.03 Å². The third kappa shape index (κ3) is 4.43. The quantitative estimate of drug-likeness (QED) is 0.724. The van der Waals surface area contributed by atoms with E-state index in [9.17, 15) is 4.79 Å². The molecule has 1 fully saturated rings. The molecule has 0 radical (unpaired) electrons. The van der Waals surface area contributed by atoms with Crippen molar-refractivity contribution in [1.29, 1.82) is 0 Å².